The lowest BCUT2D eigenvalue weighted by molar-refractivity contribution is 0.129. The molecule has 1 aromatic carbocycles. The van der Waals surface area contributed by atoms with E-state index in [2.05, 4.69) is 19.9 Å². The lowest BCUT2D eigenvalue weighted by atomic mass is 10.1. The number of benzene rings is 1. The van der Waals surface area contributed by atoms with Crippen LogP contribution in [0.15, 0.2) is 52.7 Å². The first-order valence-electron chi connectivity index (χ1n) is 11.2. The Kier molecular flexibility index (Phi) is 9.09. The number of aromatic amines is 1. The number of nitrogens with zero attached hydrogens (tertiary/aromatic N) is 3. The smallest absolute Gasteiger partial charge is 0.261 e. The summed E-state index contributed by atoms with van der Waals surface area (Å²) in [4.78, 5) is 15.6. The highest BCUT2D eigenvalue weighted by Crippen LogP contribution is 2.32. The molecule has 1 aliphatic heterocycles. The Labute approximate surface area is 220 Å². The Morgan fingerprint density at radius 1 is 1.08 bits per heavy atom. The van der Waals surface area contributed by atoms with Gasteiger partial charge in [0.2, 0.25) is 11.8 Å². The molecule has 0 aliphatic carbocycles. The number of nitrogens with one attached hydrogen (secondary N) is 1. The molecule has 0 fully saturated rings. The predicted molar refractivity (Wildman–Crippen MR) is 138 cm³/mol. The number of aliphatic hydroxyl groups is 1. The zero-order chi connectivity index (χ0) is 28.1. The van der Waals surface area contributed by atoms with Gasteiger partial charge in [-0.3, -0.25) is 4.55 Å². The maximum Gasteiger partial charge on any atom is 0.261 e. The average Bonchev–Trinajstić information content (AvgIpc) is 3.47. The lowest BCUT2D eigenvalue weighted by Gasteiger charge is -2.15. The summed E-state index contributed by atoms with van der Waals surface area (Å²) >= 11 is 0. The molecule has 0 bridgehead atoms. The van der Waals surface area contributed by atoms with Gasteiger partial charge in [0.15, 0.2) is 14.9 Å². The first kappa shape index (κ1) is 29.0. The molecule has 2 aromatic heterocycles. The Balaban J connectivity index is 0.000000732. The third-order valence-corrected chi connectivity index (χ3v) is 5.68. The van der Waals surface area contributed by atoms with Crippen LogP contribution in [0.1, 0.15) is 19.5 Å². The first-order valence-corrected chi connectivity index (χ1v) is 14.9. The lowest BCUT2D eigenvalue weighted by Crippen LogP contribution is -2.16. The van der Waals surface area contributed by atoms with Crippen molar-refractivity contribution < 1.29 is 40.7 Å². The molecule has 3 N–H and O–H groups in total. The summed E-state index contributed by atoms with van der Waals surface area (Å²) in [5.41, 5.74) is 2.29. The van der Waals surface area contributed by atoms with Crippen molar-refractivity contribution >= 4 is 25.9 Å². The standard InChI is InChI=1S/C22H24N4O6S.CH4O3S/c1-13-9-25-22(31-13)19-5-4-18(26-19)15-6-16(30-14(2)12-27)8-17(7-15)32-20-10-24-21(11-23-20)33(3,28)29;1-5(2,3)4/h4-8,10-11,13-14,26-27H,9,12H2,1-3H3;1H3,(H,2,3,4)/t13-,14-;/m0./s1. The van der Waals surface area contributed by atoms with E-state index in [-0.39, 0.29) is 23.6 Å². The molecule has 15 heteroatoms. The van der Waals surface area contributed by atoms with Crippen molar-refractivity contribution in [2.24, 2.45) is 4.99 Å². The van der Waals surface area contributed by atoms with E-state index in [0.717, 1.165) is 29.4 Å². The minimum Gasteiger partial charge on any atom is -0.488 e. The van der Waals surface area contributed by atoms with Gasteiger partial charge in [0.25, 0.3) is 10.1 Å². The molecule has 3 aromatic rings. The van der Waals surface area contributed by atoms with Gasteiger partial charge in [-0.2, -0.15) is 8.42 Å². The third-order valence-electron chi connectivity index (χ3n) is 4.71. The number of rotatable bonds is 8. The van der Waals surface area contributed by atoms with Crippen LogP contribution < -0.4 is 9.47 Å². The highest BCUT2D eigenvalue weighted by Gasteiger charge is 2.19. The molecule has 0 radical (unpaired) electrons. The average molecular weight is 569 g/mol. The number of aromatic nitrogens is 3. The van der Waals surface area contributed by atoms with Crippen molar-refractivity contribution in [1.29, 1.82) is 0 Å². The zero-order valence-electron chi connectivity index (χ0n) is 21.0. The Morgan fingerprint density at radius 3 is 2.29 bits per heavy atom. The molecule has 0 unspecified atom stereocenters. The summed E-state index contributed by atoms with van der Waals surface area (Å²) in [6, 6.07) is 9.01. The molecule has 4 rings (SSSR count). The molecule has 0 saturated carbocycles. The molecule has 13 nitrogen and oxygen atoms in total. The van der Waals surface area contributed by atoms with Crippen LogP contribution in [-0.4, -0.2) is 85.2 Å². The molecule has 206 valence electrons. The van der Waals surface area contributed by atoms with E-state index in [1.807, 2.05) is 25.1 Å². The van der Waals surface area contributed by atoms with E-state index >= 15 is 0 Å². The van der Waals surface area contributed by atoms with Crippen molar-refractivity contribution in [1.82, 2.24) is 15.0 Å². The molecular formula is C23H28N4O9S2. The van der Waals surface area contributed by atoms with E-state index in [1.54, 1.807) is 19.1 Å². The number of hydrogen-bond acceptors (Lipinski definition) is 11. The number of hydrogen-bond donors (Lipinski definition) is 3. The molecule has 0 spiro atoms. The van der Waals surface area contributed by atoms with Crippen molar-refractivity contribution in [2.45, 2.75) is 31.1 Å². The van der Waals surface area contributed by atoms with E-state index < -0.39 is 26.1 Å². The zero-order valence-corrected chi connectivity index (χ0v) is 22.7. The highest BCUT2D eigenvalue weighted by molar-refractivity contribution is 7.90. The minimum absolute atomic E-state index is 0.0404. The highest BCUT2D eigenvalue weighted by atomic mass is 32.2. The van der Waals surface area contributed by atoms with Crippen molar-refractivity contribution in [3.63, 3.8) is 0 Å². The number of aliphatic imine (C=N–C) groups is 1. The topological polar surface area (TPSA) is 190 Å². The predicted octanol–water partition coefficient (Wildman–Crippen LogP) is 2.10. The van der Waals surface area contributed by atoms with Gasteiger partial charge in [0, 0.05) is 23.6 Å². The Hall–Kier alpha value is -3.53. The van der Waals surface area contributed by atoms with Crippen LogP contribution in [0, 0.1) is 0 Å². The number of aliphatic hydroxyl groups excluding tert-OH is 1. The fraction of sp³-hybridized carbons (Fsp3) is 0.348. The van der Waals surface area contributed by atoms with E-state index in [4.69, 9.17) is 18.8 Å². The summed E-state index contributed by atoms with van der Waals surface area (Å²) in [5.74, 6) is 1.56. The normalized spacial score (nSPS) is 16.1. The molecular weight excluding hydrogens is 540 g/mol. The second-order valence-electron chi connectivity index (χ2n) is 8.46. The van der Waals surface area contributed by atoms with Crippen LogP contribution in [-0.2, 0) is 24.7 Å². The van der Waals surface area contributed by atoms with Crippen LogP contribution in [0.2, 0.25) is 0 Å². The molecule has 1 aliphatic rings. The van der Waals surface area contributed by atoms with Crippen molar-refractivity contribution in [3.05, 3.63) is 48.4 Å². The number of H-pyrrole nitrogens is 1. The summed E-state index contributed by atoms with van der Waals surface area (Å²) in [6.07, 6.45) is 3.76. The Morgan fingerprint density at radius 2 is 1.74 bits per heavy atom. The van der Waals surface area contributed by atoms with Gasteiger partial charge < -0.3 is 24.3 Å². The van der Waals surface area contributed by atoms with Gasteiger partial charge in [0.1, 0.15) is 29.4 Å². The minimum atomic E-state index is -3.67. The van der Waals surface area contributed by atoms with E-state index in [1.165, 1.54) is 6.20 Å². The van der Waals surface area contributed by atoms with Gasteiger partial charge in [-0.05, 0) is 38.1 Å². The molecule has 0 saturated heterocycles. The largest absolute Gasteiger partial charge is 0.488 e. The monoisotopic (exact) mass is 568 g/mol. The van der Waals surface area contributed by atoms with E-state index in [9.17, 15) is 21.9 Å². The van der Waals surface area contributed by atoms with Gasteiger partial charge in [-0.15, -0.1) is 0 Å². The second kappa shape index (κ2) is 11.9. The van der Waals surface area contributed by atoms with E-state index in [0.29, 0.717) is 30.2 Å². The van der Waals surface area contributed by atoms with Crippen LogP contribution in [0.3, 0.4) is 0 Å². The van der Waals surface area contributed by atoms with Gasteiger partial charge in [-0.1, -0.05) is 0 Å². The first-order chi connectivity index (χ1) is 17.7. The Bertz CT molecular complexity index is 1490. The van der Waals surface area contributed by atoms with Crippen LogP contribution in [0.4, 0.5) is 0 Å². The van der Waals surface area contributed by atoms with Crippen LogP contribution in [0.25, 0.3) is 11.3 Å². The SMILES string of the molecule is CS(=O)(=O)O.C[C@H]1CN=C(c2ccc(-c3cc(Oc4cnc(S(C)(=O)=O)cn4)cc(O[C@@H](C)CO)c3)[nH]2)O1. The maximum atomic E-state index is 11.6. The van der Waals surface area contributed by atoms with Gasteiger partial charge >= 0.3 is 0 Å². The fourth-order valence-electron chi connectivity index (χ4n) is 3.11. The van der Waals surface area contributed by atoms with Gasteiger partial charge in [0.05, 0.1) is 31.8 Å². The summed E-state index contributed by atoms with van der Waals surface area (Å²) in [6.45, 7) is 4.16. The molecule has 2 atom stereocenters. The van der Waals surface area contributed by atoms with Crippen LogP contribution >= 0.6 is 0 Å². The van der Waals surface area contributed by atoms with Gasteiger partial charge in [-0.25, -0.2) is 23.4 Å². The summed E-state index contributed by atoms with van der Waals surface area (Å²) < 4.78 is 66.4. The molecule has 0 amide bonds. The maximum absolute atomic E-state index is 11.6. The number of sulfone groups is 1. The molecule has 38 heavy (non-hydrogen) atoms. The quantitative estimate of drug-likeness (QED) is 0.337. The van der Waals surface area contributed by atoms with Crippen molar-refractivity contribution in [2.75, 3.05) is 25.7 Å². The molecule has 3 heterocycles. The summed E-state index contributed by atoms with van der Waals surface area (Å²) in [7, 11) is -7.13. The third kappa shape index (κ3) is 8.79. The fourth-order valence-corrected chi connectivity index (χ4v) is 3.59. The number of ether oxygens (including phenoxy) is 3. The van der Waals surface area contributed by atoms with Crippen LogP contribution in [0.5, 0.6) is 17.4 Å². The van der Waals surface area contributed by atoms with Crippen molar-refractivity contribution in [3.8, 4) is 28.6 Å². The summed E-state index contributed by atoms with van der Waals surface area (Å²) in [5, 5.41) is 9.22. The second-order valence-corrected chi connectivity index (χ2v) is 11.9.